The second-order valence-corrected chi connectivity index (χ2v) is 10.1. The molecule has 4 aromatic heterocycles. The van der Waals surface area contributed by atoms with Crippen molar-refractivity contribution in [2.45, 2.75) is 46.3 Å². The van der Waals surface area contributed by atoms with Gasteiger partial charge in [0.25, 0.3) is 5.56 Å². The predicted molar refractivity (Wildman–Crippen MR) is 134 cm³/mol. The fourth-order valence-corrected chi connectivity index (χ4v) is 4.62. The number of halogens is 3. The zero-order valence-electron chi connectivity index (χ0n) is 20.1. The van der Waals surface area contributed by atoms with Gasteiger partial charge in [0.2, 0.25) is 0 Å². The summed E-state index contributed by atoms with van der Waals surface area (Å²) in [5.41, 5.74) is 1.13. The minimum atomic E-state index is -1.09. The lowest BCUT2D eigenvalue weighted by Gasteiger charge is -2.19. The fourth-order valence-electron chi connectivity index (χ4n) is 3.60. The standard InChI is InChI=1S/C25H23ClF2N4O3S/c1-12-9-29-17(18-11-36-24(31-18)25(4,5)34)8-19(12)32-13(2)6-20(21(26)23(32)33)35-14(3)22-16(28)7-15(27)10-30-22/h6-11,14,34H,1-5H3. The minimum Gasteiger partial charge on any atom is -0.482 e. The summed E-state index contributed by atoms with van der Waals surface area (Å²) in [4.78, 5) is 26.0. The van der Waals surface area contributed by atoms with Crippen LogP contribution in [0, 0.1) is 25.5 Å². The summed E-state index contributed by atoms with van der Waals surface area (Å²) in [6.07, 6.45) is 1.59. The van der Waals surface area contributed by atoms with Crippen LogP contribution in [0.3, 0.4) is 0 Å². The summed E-state index contributed by atoms with van der Waals surface area (Å²) >= 11 is 7.71. The first-order chi connectivity index (χ1) is 16.9. The molecule has 0 amide bonds. The smallest absolute Gasteiger partial charge is 0.277 e. The van der Waals surface area contributed by atoms with Crippen LogP contribution in [0.2, 0.25) is 5.02 Å². The quantitative estimate of drug-likeness (QED) is 0.344. The fraction of sp³-hybridized carbons (Fsp3) is 0.280. The average Bonchev–Trinajstić information content (AvgIpc) is 3.29. The van der Waals surface area contributed by atoms with E-state index in [1.165, 1.54) is 22.8 Å². The summed E-state index contributed by atoms with van der Waals surface area (Å²) in [6.45, 7) is 8.35. The first-order valence-electron chi connectivity index (χ1n) is 10.9. The lowest BCUT2D eigenvalue weighted by Crippen LogP contribution is -2.23. The molecular formula is C25H23ClF2N4O3S. The SMILES string of the molecule is Cc1cnc(-c2csc(C(C)(C)O)n2)cc1-n1c(C)cc(OC(C)c2ncc(F)cc2F)c(Cl)c1=O. The number of pyridine rings is 3. The van der Waals surface area contributed by atoms with Crippen molar-refractivity contribution < 1.29 is 18.6 Å². The number of thiazole rings is 1. The Bertz CT molecular complexity index is 1510. The molecule has 4 rings (SSSR count). The van der Waals surface area contributed by atoms with Crippen molar-refractivity contribution in [2.24, 2.45) is 0 Å². The lowest BCUT2D eigenvalue weighted by molar-refractivity contribution is 0.0783. The number of nitrogens with zero attached hydrogens (tertiary/aromatic N) is 4. The van der Waals surface area contributed by atoms with Crippen molar-refractivity contribution in [3.05, 3.63) is 84.9 Å². The maximum atomic E-state index is 14.1. The molecule has 0 spiro atoms. The Hall–Kier alpha value is -3.21. The van der Waals surface area contributed by atoms with Gasteiger partial charge in [-0.3, -0.25) is 19.3 Å². The van der Waals surface area contributed by atoms with Gasteiger partial charge in [0, 0.05) is 29.4 Å². The molecule has 1 atom stereocenters. The Kier molecular flexibility index (Phi) is 6.96. The highest BCUT2D eigenvalue weighted by atomic mass is 35.5. The summed E-state index contributed by atoms with van der Waals surface area (Å²) in [6, 6.07) is 4.00. The Labute approximate surface area is 215 Å². The molecule has 0 aliphatic heterocycles. The molecule has 36 heavy (non-hydrogen) atoms. The molecule has 11 heteroatoms. The van der Waals surface area contributed by atoms with Gasteiger partial charge in [-0.2, -0.15) is 0 Å². The molecule has 4 heterocycles. The molecular weight excluding hydrogens is 510 g/mol. The van der Waals surface area contributed by atoms with Crippen LogP contribution >= 0.6 is 22.9 Å². The lowest BCUT2D eigenvalue weighted by atomic mass is 10.1. The van der Waals surface area contributed by atoms with Crippen LogP contribution in [0.25, 0.3) is 17.1 Å². The molecule has 0 aromatic carbocycles. The molecule has 1 N–H and O–H groups in total. The molecule has 0 aliphatic carbocycles. The Morgan fingerprint density at radius 3 is 2.50 bits per heavy atom. The van der Waals surface area contributed by atoms with E-state index in [0.717, 1.165) is 11.8 Å². The van der Waals surface area contributed by atoms with E-state index in [2.05, 4.69) is 15.0 Å². The van der Waals surface area contributed by atoms with Crippen molar-refractivity contribution in [3.8, 4) is 22.8 Å². The number of hydrogen-bond donors (Lipinski definition) is 1. The number of rotatable bonds is 6. The molecule has 0 aliphatic rings. The highest BCUT2D eigenvalue weighted by Crippen LogP contribution is 2.31. The van der Waals surface area contributed by atoms with Gasteiger partial charge in [-0.15, -0.1) is 11.3 Å². The van der Waals surface area contributed by atoms with E-state index >= 15 is 0 Å². The Balaban J connectivity index is 1.73. The van der Waals surface area contributed by atoms with Gasteiger partial charge in [-0.25, -0.2) is 13.8 Å². The second kappa shape index (κ2) is 9.68. The van der Waals surface area contributed by atoms with Crippen molar-refractivity contribution in [3.63, 3.8) is 0 Å². The van der Waals surface area contributed by atoms with Crippen molar-refractivity contribution in [1.82, 2.24) is 19.5 Å². The highest BCUT2D eigenvalue weighted by Gasteiger charge is 2.23. The van der Waals surface area contributed by atoms with Gasteiger partial charge in [-0.05, 0) is 46.2 Å². The number of aryl methyl sites for hydroxylation is 2. The third-order valence-corrected chi connectivity index (χ3v) is 6.93. The summed E-state index contributed by atoms with van der Waals surface area (Å²) in [5.74, 6) is -1.62. The molecule has 0 radical (unpaired) electrons. The molecule has 7 nitrogen and oxygen atoms in total. The van der Waals surface area contributed by atoms with Crippen molar-refractivity contribution in [1.29, 1.82) is 0 Å². The Morgan fingerprint density at radius 1 is 1.14 bits per heavy atom. The van der Waals surface area contributed by atoms with Gasteiger partial charge < -0.3 is 9.84 Å². The molecule has 0 bridgehead atoms. The van der Waals surface area contributed by atoms with E-state index in [-0.39, 0.29) is 16.5 Å². The third kappa shape index (κ3) is 5.02. The minimum absolute atomic E-state index is 0.0506. The average molecular weight is 533 g/mol. The summed E-state index contributed by atoms with van der Waals surface area (Å²) in [5, 5.41) is 12.4. The van der Waals surface area contributed by atoms with Crippen LogP contribution in [0.15, 0.2) is 40.8 Å². The summed E-state index contributed by atoms with van der Waals surface area (Å²) in [7, 11) is 0. The van der Waals surface area contributed by atoms with E-state index < -0.39 is 28.9 Å². The van der Waals surface area contributed by atoms with E-state index in [4.69, 9.17) is 16.3 Å². The number of aliphatic hydroxyl groups is 1. The van der Waals surface area contributed by atoms with Crippen LogP contribution in [-0.4, -0.2) is 24.6 Å². The molecule has 4 aromatic rings. The zero-order valence-corrected chi connectivity index (χ0v) is 21.7. The number of aromatic nitrogens is 4. The first-order valence-corrected chi connectivity index (χ1v) is 12.2. The van der Waals surface area contributed by atoms with Crippen LogP contribution in [0.5, 0.6) is 5.75 Å². The molecule has 0 saturated carbocycles. The van der Waals surface area contributed by atoms with Gasteiger partial charge in [-0.1, -0.05) is 11.6 Å². The maximum absolute atomic E-state index is 14.1. The van der Waals surface area contributed by atoms with Gasteiger partial charge in [0.1, 0.15) is 44.7 Å². The van der Waals surface area contributed by atoms with Gasteiger partial charge in [0.05, 0.1) is 17.6 Å². The maximum Gasteiger partial charge on any atom is 0.277 e. The van der Waals surface area contributed by atoms with Gasteiger partial charge >= 0.3 is 0 Å². The zero-order chi connectivity index (χ0) is 26.4. The van der Waals surface area contributed by atoms with E-state index in [1.54, 1.807) is 44.5 Å². The van der Waals surface area contributed by atoms with Crippen molar-refractivity contribution in [2.75, 3.05) is 0 Å². The molecule has 0 saturated heterocycles. The van der Waals surface area contributed by atoms with Crippen LogP contribution in [-0.2, 0) is 5.60 Å². The molecule has 188 valence electrons. The highest BCUT2D eigenvalue weighted by molar-refractivity contribution is 7.10. The first kappa shape index (κ1) is 25.9. The Morgan fingerprint density at radius 2 is 1.86 bits per heavy atom. The number of hydrogen-bond acceptors (Lipinski definition) is 7. The largest absolute Gasteiger partial charge is 0.482 e. The van der Waals surface area contributed by atoms with E-state index in [9.17, 15) is 18.7 Å². The van der Waals surface area contributed by atoms with Gasteiger partial charge in [0.15, 0.2) is 5.82 Å². The number of ether oxygens (including phenoxy) is 1. The second-order valence-electron chi connectivity index (χ2n) is 8.84. The van der Waals surface area contributed by atoms with E-state index in [1.807, 2.05) is 6.92 Å². The third-order valence-electron chi connectivity index (χ3n) is 5.43. The van der Waals surface area contributed by atoms with Crippen LogP contribution < -0.4 is 10.3 Å². The topological polar surface area (TPSA) is 90.1 Å². The summed E-state index contributed by atoms with van der Waals surface area (Å²) < 4.78 is 34.5. The van der Waals surface area contributed by atoms with Crippen LogP contribution in [0.4, 0.5) is 8.78 Å². The monoisotopic (exact) mass is 532 g/mol. The normalized spacial score (nSPS) is 12.6. The van der Waals surface area contributed by atoms with Crippen molar-refractivity contribution >= 4 is 22.9 Å². The molecule has 1 unspecified atom stereocenters. The predicted octanol–water partition coefficient (Wildman–Crippen LogP) is 5.67. The molecule has 0 fully saturated rings. The van der Waals surface area contributed by atoms with Crippen LogP contribution in [0.1, 0.15) is 48.8 Å². The van der Waals surface area contributed by atoms with E-state index in [0.29, 0.717) is 33.8 Å².